The Balaban J connectivity index is 2.58. The first-order valence-corrected chi connectivity index (χ1v) is 3.54. The van der Waals surface area contributed by atoms with Crippen LogP contribution < -0.4 is 10.4 Å². The van der Waals surface area contributed by atoms with Gasteiger partial charge >= 0.3 is 5.63 Å². The summed E-state index contributed by atoms with van der Waals surface area (Å²) in [6.07, 6.45) is 2.13. The summed E-state index contributed by atoms with van der Waals surface area (Å²) < 4.78 is 10.0. The van der Waals surface area contributed by atoms with Crippen molar-refractivity contribution in [3.8, 4) is 5.75 Å². The highest BCUT2D eigenvalue weighted by Crippen LogP contribution is 2.24. The SMILES string of the molecule is CC1Cc2c(ccoc2=O)O1. The zero-order chi connectivity index (χ0) is 7.84. The van der Waals surface area contributed by atoms with Gasteiger partial charge in [-0.2, -0.15) is 0 Å². The van der Waals surface area contributed by atoms with Gasteiger partial charge in [0.15, 0.2) is 0 Å². The zero-order valence-electron chi connectivity index (χ0n) is 6.16. The Kier molecular flexibility index (Phi) is 1.24. The molecule has 3 heteroatoms. The monoisotopic (exact) mass is 152 g/mol. The Morgan fingerprint density at radius 2 is 2.45 bits per heavy atom. The molecular weight excluding hydrogens is 144 g/mol. The van der Waals surface area contributed by atoms with Gasteiger partial charge in [0, 0.05) is 12.5 Å². The summed E-state index contributed by atoms with van der Waals surface area (Å²) in [7, 11) is 0. The van der Waals surface area contributed by atoms with E-state index in [1.54, 1.807) is 6.07 Å². The van der Waals surface area contributed by atoms with Crippen molar-refractivity contribution in [3.63, 3.8) is 0 Å². The van der Waals surface area contributed by atoms with Crippen molar-refractivity contribution >= 4 is 0 Å². The second kappa shape index (κ2) is 2.12. The van der Waals surface area contributed by atoms with Crippen LogP contribution >= 0.6 is 0 Å². The molecule has 0 aromatic carbocycles. The van der Waals surface area contributed by atoms with E-state index in [1.807, 2.05) is 6.92 Å². The summed E-state index contributed by atoms with van der Waals surface area (Å²) in [5, 5.41) is 0. The van der Waals surface area contributed by atoms with E-state index in [4.69, 9.17) is 4.74 Å². The molecule has 58 valence electrons. The van der Waals surface area contributed by atoms with Crippen molar-refractivity contribution in [2.24, 2.45) is 0 Å². The molecule has 0 spiro atoms. The van der Waals surface area contributed by atoms with Gasteiger partial charge in [-0.25, -0.2) is 4.79 Å². The number of hydrogen-bond acceptors (Lipinski definition) is 3. The molecular formula is C8H8O3. The van der Waals surface area contributed by atoms with Crippen molar-refractivity contribution in [1.82, 2.24) is 0 Å². The first kappa shape index (κ1) is 6.46. The third-order valence-corrected chi connectivity index (χ3v) is 1.76. The Morgan fingerprint density at radius 1 is 1.64 bits per heavy atom. The van der Waals surface area contributed by atoms with Crippen LogP contribution in [0.4, 0.5) is 0 Å². The Bertz CT molecular complexity index is 326. The van der Waals surface area contributed by atoms with Crippen LogP contribution in [0, 0.1) is 0 Å². The molecule has 1 aliphatic rings. The van der Waals surface area contributed by atoms with E-state index in [0.717, 1.165) is 0 Å². The van der Waals surface area contributed by atoms with Crippen LogP contribution in [0.15, 0.2) is 21.5 Å². The molecule has 1 unspecified atom stereocenters. The third-order valence-electron chi connectivity index (χ3n) is 1.76. The molecule has 11 heavy (non-hydrogen) atoms. The summed E-state index contributed by atoms with van der Waals surface area (Å²) >= 11 is 0. The maximum absolute atomic E-state index is 11.0. The predicted octanol–water partition coefficient (Wildman–Crippen LogP) is 0.963. The maximum atomic E-state index is 11.0. The summed E-state index contributed by atoms with van der Waals surface area (Å²) in [5.74, 6) is 0.675. The van der Waals surface area contributed by atoms with Crippen molar-refractivity contribution in [3.05, 3.63) is 28.3 Å². The van der Waals surface area contributed by atoms with Crippen LogP contribution in [-0.2, 0) is 6.42 Å². The van der Waals surface area contributed by atoms with Crippen molar-refractivity contribution in [1.29, 1.82) is 0 Å². The summed E-state index contributed by atoms with van der Waals surface area (Å²) in [4.78, 5) is 11.0. The van der Waals surface area contributed by atoms with E-state index in [0.29, 0.717) is 17.7 Å². The number of fused-ring (bicyclic) bond motifs is 1. The van der Waals surface area contributed by atoms with Gasteiger partial charge in [-0.15, -0.1) is 0 Å². The van der Waals surface area contributed by atoms with Gasteiger partial charge in [0.2, 0.25) is 0 Å². The van der Waals surface area contributed by atoms with Gasteiger partial charge < -0.3 is 9.15 Å². The van der Waals surface area contributed by atoms with Crippen molar-refractivity contribution in [2.75, 3.05) is 0 Å². The van der Waals surface area contributed by atoms with Gasteiger partial charge in [0.25, 0.3) is 0 Å². The summed E-state index contributed by atoms with van der Waals surface area (Å²) in [6, 6.07) is 1.68. The van der Waals surface area contributed by atoms with E-state index >= 15 is 0 Å². The van der Waals surface area contributed by atoms with Gasteiger partial charge in [-0.05, 0) is 6.92 Å². The topological polar surface area (TPSA) is 39.4 Å². The zero-order valence-corrected chi connectivity index (χ0v) is 6.16. The van der Waals surface area contributed by atoms with Crippen molar-refractivity contribution in [2.45, 2.75) is 19.4 Å². The first-order valence-electron chi connectivity index (χ1n) is 3.54. The third kappa shape index (κ3) is 0.926. The highest BCUT2D eigenvalue weighted by atomic mass is 16.5. The molecule has 3 nitrogen and oxygen atoms in total. The quantitative estimate of drug-likeness (QED) is 0.556. The van der Waals surface area contributed by atoms with Crippen LogP contribution in [0.3, 0.4) is 0 Å². The average molecular weight is 152 g/mol. The largest absolute Gasteiger partial charge is 0.490 e. The molecule has 0 N–H and O–H groups in total. The van der Waals surface area contributed by atoms with E-state index in [9.17, 15) is 4.79 Å². The van der Waals surface area contributed by atoms with Gasteiger partial charge in [-0.1, -0.05) is 0 Å². The molecule has 1 aromatic rings. The minimum atomic E-state index is -0.271. The minimum absolute atomic E-state index is 0.107. The molecule has 2 rings (SSSR count). The highest BCUT2D eigenvalue weighted by molar-refractivity contribution is 5.33. The molecule has 1 atom stereocenters. The molecule has 0 saturated carbocycles. The van der Waals surface area contributed by atoms with Gasteiger partial charge in [0.1, 0.15) is 11.9 Å². The fraction of sp³-hybridized carbons (Fsp3) is 0.375. The number of hydrogen-bond donors (Lipinski definition) is 0. The lowest BCUT2D eigenvalue weighted by molar-refractivity contribution is 0.254. The maximum Gasteiger partial charge on any atom is 0.342 e. The Hall–Kier alpha value is -1.25. The molecule has 0 fully saturated rings. The summed E-state index contributed by atoms with van der Waals surface area (Å²) in [6.45, 7) is 1.93. The van der Waals surface area contributed by atoms with Crippen LogP contribution in [0.2, 0.25) is 0 Å². The minimum Gasteiger partial charge on any atom is -0.490 e. The number of rotatable bonds is 0. The number of ether oxygens (including phenoxy) is 1. The normalized spacial score (nSPS) is 21.0. The highest BCUT2D eigenvalue weighted by Gasteiger charge is 2.22. The van der Waals surface area contributed by atoms with Crippen LogP contribution in [0.1, 0.15) is 12.5 Å². The fourth-order valence-corrected chi connectivity index (χ4v) is 1.27. The van der Waals surface area contributed by atoms with Crippen LogP contribution in [0.25, 0.3) is 0 Å². The van der Waals surface area contributed by atoms with Crippen molar-refractivity contribution < 1.29 is 9.15 Å². The second-order valence-corrected chi connectivity index (χ2v) is 2.68. The lowest BCUT2D eigenvalue weighted by atomic mass is 10.2. The smallest absolute Gasteiger partial charge is 0.342 e. The molecule has 0 aliphatic carbocycles. The molecule has 0 saturated heterocycles. The van der Waals surface area contributed by atoms with E-state index < -0.39 is 0 Å². The van der Waals surface area contributed by atoms with Crippen LogP contribution in [-0.4, -0.2) is 6.10 Å². The Morgan fingerprint density at radius 3 is 3.18 bits per heavy atom. The van der Waals surface area contributed by atoms with Gasteiger partial charge in [0.05, 0.1) is 11.8 Å². The molecule has 0 bridgehead atoms. The molecule has 0 amide bonds. The molecule has 0 radical (unpaired) electrons. The van der Waals surface area contributed by atoms with Crippen LogP contribution in [0.5, 0.6) is 5.75 Å². The first-order chi connectivity index (χ1) is 5.27. The lowest BCUT2D eigenvalue weighted by Crippen LogP contribution is -2.08. The second-order valence-electron chi connectivity index (χ2n) is 2.68. The molecule has 1 aliphatic heterocycles. The van der Waals surface area contributed by atoms with Gasteiger partial charge in [-0.3, -0.25) is 0 Å². The van der Waals surface area contributed by atoms with E-state index in [1.165, 1.54) is 6.26 Å². The predicted molar refractivity (Wildman–Crippen MR) is 38.8 cm³/mol. The molecule has 1 aromatic heterocycles. The standard InChI is InChI=1S/C8H8O3/c1-5-4-6-7(11-5)2-3-10-8(6)9/h2-3,5H,4H2,1H3. The van der Waals surface area contributed by atoms with E-state index in [2.05, 4.69) is 4.42 Å². The average Bonchev–Trinajstić information content (AvgIpc) is 2.31. The fourth-order valence-electron chi connectivity index (χ4n) is 1.27. The lowest BCUT2D eigenvalue weighted by Gasteiger charge is -2.00. The molecule has 2 heterocycles. The van der Waals surface area contributed by atoms with E-state index in [-0.39, 0.29) is 11.7 Å². The Labute approximate surface area is 63.6 Å². The summed E-state index contributed by atoms with van der Waals surface area (Å²) in [5.41, 5.74) is 0.395.